The van der Waals surface area contributed by atoms with Crippen molar-refractivity contribution in [3.8, 4) is 0 Å². The second-order valence-electron chi connectivity index (χ2n) is 7.48. The van der Waals surface area contributed by atoms with Crippen LogP contribution >= 0.6 is 31.9 Å². The number of nitrogens with zero attached hydrogens (tertiary/aromatic N) is 1. The largest absolute Gasteiger partial charge is 0.444 e. The molecule has 1 aliphatic rings. The Bertz CT molecular complexity index is 623. The van der Waals surface area contributed by atoms with Crippen LogP contribution in [-0.2, 0) is 4.74 Å². The fourth-order valence-electron chi connectivity index (χ4n) is 3.01. The second-order valence-corrected chi connectivity index (χ2v) is 9.25. The predicted molar refractivity (Wildman–Crippen MR) is 108 cm³/mol. The summed E-state index contributed by atoms with van der Waals surface area (Å²) in [5, 5.41) is 12.6. The van der Waals surface area contributed by atoms with Gasteiger partial charge in [-0.05, 0) is 74.5 Å². The Morgan fingerprint density at radius 3 is 2.40 bits per heavy atom. The molecule has 1 saturated carbocycles. The number of aliphatic hydroxyl groups is 1. The van der Waals surface area contributed by atoms with E-state index in [1.807, 2.05) is 40.0 Å². The topological polar surface area (TPSA) is 61.8 Å². The van der Waals surface area contributed by atoms with Crippen LogP contribution in [0.2, 0.25) is 0 Å². The van der Waals surface area contributed by atoms with Gasteiger partial charge in [0, 0.05) is 22.0 Å². The summed E-state index contributed by atoms with van der Waals surface area (Å²) in [4.78, 5) is 14.4. The van der Waals surface area contributed by atoms with E-state index in [9.17, 15) is 9.90 Å². The predicted octanol–water partition coefficient (Wildman–Crippen LogP) is 5.30. The van der Waals surface area contributed by atoms with E-state index in [2.05, 4.69) is 42.1 Å². The molecular weight excluding hydrogens is 452 g/mol. The molecule has 0 atom stereocenters. The van der Waals surface area contributed by atoms with Crippen LogP contribution in [0.3, 0.4) is 0 Å². The molecule has 25 heavy (non-hydrogen) atoms. The zero-order valence-corrected chi connectivity index (χ0v) is 18.3. The number of rotatable bonds is 3. The number of nitrogens with one attached hydrogen (secondary N) is 1. The Morgan fingerprint density at radius 1 is 1.24 bits per heavy atom. The highest BCUT2D eigenvalue weighted by Crippen LogP contribution is 2.39. The number of hydrogen-bond acceptors (Lipinski definition) is 4. The molecule has 0 spiro atoms. The van der Waals surface area contributed by atoms with Gasteiger partial charge in [-0.3, -0.25) is 5.32 Å². The standard InChI is InChI=1S/C18H26Br2N2O3/c1-18(2,3)25-17(24)21-16-14(20)9-11(19)10-15(16)22(4)12-5-7-13(23)8-6-12/h9-10,12-13,23H,5-8H2,1-4H3,(H,21,24). The summed E-state index contributed by atoms with van der Waals surface area (Å²) in [5.41, 5.74) is 1.04. The van der Waals surface area contributed by atoms with Gasteiger partial charge in [0.15, 0.2) is 0 Å². The first-order chi connectivity index (χ1) is 11.6. The number of carbonyl (C=O) groups is 1. The van der Waals surface area contributed by atoms with Crippen LogP contribution in [0.15, 0.2) is 21.1 Å². The Labute approximate surface area is 166 Å². The summed E-state index contributed by atoms with van der Waals surface area (Å²) >= 11 is 7.06. The number of halogens is 2. The molecule has 0 aromatic heterocycles. The lowest BCUT2D eigenvalue weighted by Crippen LogP contribution is -2.37. The molecule has 0 heterocycles. The van der Waals surface area contributed by atoms with Crippen LogP contribution in [-0.4, -0.2) is 36.0 Å². The summed E-state index contributed by atoms with van der Waals surface area (Å²) in [6.45, 7) is 5.51. The van der Waals surface area contributed by atoms with Gasteiger partial charge in [0.2, 0.25) is 0 Å². The SMILES string of the molecule is CN(c1cc(Br)cc(Br)c1NC(=O)OC(C)(C)C)C1CCC(O)CC1. The number of anilines is 2. The van der Waals surface area contributed by atoms with Crippen LogP contribution in [0.1, 0.15) is 46.5 Å². The van der Waals surface area contributed by atoms with Gasteiger partial charge in [-0.15, -0.1) is 0 Å². The average molecular weight is 478 g/mol. The molecule has 0 bridgehead atoms. The number of benzene rings is 1. The fourth-order valence-corrected chi connectivity index (χ4v) is 4.31. The fraction of sp³-hybridized carbons (Fsp3) is 0.611. The van der Waals surface area contributed by atoms with Gasteiger partial charge >= 0.3 is 6.09 Å². The van der Waals surface area contributed by atoms with Gasteiger partial charge in [-0.25, -0.2) is 4.79 Å². The second kappa shape index (κ2) is 8.27. The van der Waals surface area contributed by atoms with Crippen molar-refractivity contribution >= 4 is 49.3 Å². The van der Waals surface area contributed by atoms with Crippen molar-refractivity contribution in [2.45, 2.75) is 64.2 Å². The summed E-state index contributed by atoms with van der Waals surface area (Å²) < 4.78 is 7.09. The van der Waals surface area contributed by atoms with Crippen LogP contribution in [0.5, 0.6) is 0 Å². The minimum absolute atomic E-state index is 0.196. The van der Waals surface area contributed by atoms with Crippen molar-refractivity contribution in [2.75, 3.05) is 17.3 Å². The molecule has 1 fully saturated rings. The van der Waals surface area contributed by atoms with Gasteiger partial charge < -0.3 is 14.7 Å². The van der Waals surface area contributed by atoms with E-state index in [-0.39, 0.29) is 6.10 Å². The van der Waals surface area contributed by atoms with E-state index in [1.165, 1.54) is 0 Å². The normalized spacial score (nSPS) is 20.9. The maximum absolute atomic E-state index is 12.2. The molecule has 7 heteroatoms. The van der Waals surface area contributed by atoms with E-state index in [0.717, 1.165) is 40.3 Å². The third kappa shape index (κ3) is 5.86. The lowest BCUT2D eigenvalue weighted by atomic mass is 9.92. The van der Waals surface area contributed by atoms with Crippen LogP contribution in [0, 0.1) is 0 Å². The Morgan fingerprint density at radius 2 is 1.84 bits per heavy atom. The zero-order chi connectivity index (χ0) is 18.8. The van der Waals surface area contributed by atoms with Crippen LogP contribution < -0.4 is 10.2 Å². The van der Waals surface area contributed by atoms with Crippen molar-refractivity contribution in [1.29, 1.82) is 0 Å². The third-order valence-corrected chi connectivity index (χ3v) is 5.34. The monoisotopic (exact) mass is 476 g/mol. The first-order valence-corrected chi connectivity index (χ1v) is 10.1. The average Bonchev–Trinajstić information content (AvgIpc) is 2.48. The van der Waals surface area contributed by atoms with Crippen molar-refractivity contribution in [2.24, 2.45) is 0 Å². The summed E-state index contributed by atoms with van der Waals surface area (Å²) in [5.74, 6) is 0. The minimum atomic E-state index is -0.558. The lowest BCUT2D eigenvalue weighted by molar-refractivity contribution is 0.0636. The molecule has 1 aromatic carbocycles. The zero-order valence-electron chi connectivity index (χ0n) is 15.1. The molecule has 1 amide bonds. The highest BCUT2D eigenvalue weighted by Gasteiger charge is 2.26. The van der Waals surface area contributed by atoms with E-state index in [1.54, 1.807) is 0 Å². The Hall–Kier alpha value is -0.790. The molecule has 5 nitrogen and oxygen atoms in total. The quantitative estimate of drug-likeness (QED) is 0.620. The van der Waals surface area contributed by atoms with E-state index < -0.39 is 11.7 Å². The van der Waals surface area contributed by atoms with E-state index in [0.29, 0.717) is 11.7 Å². The third-order valence-electron chi connectivity index (χ3n) is 4.25. The molecule has 1 aliphatic carbocycles. The maximum atomic E-state index is 12.2. The van der Waals surface area contributed by atoms with Gasteiger partial charge in [0.1, 0.15) is 5.60 Å². The smallest absolute Gasteiger partial charge is 0.412 e. The molecule has 2 N–H and O–H groups in total. The molecule has 0 radical (unpaired) electrons. The number of ether oxygens (including phenoxy) is 1. The number of carbonyl (C=O) groups excluding carboxylic acids is 1. The van der Waals surface area contributed by atoms with Crippen LogP contribution in [0.25, 0.3) is 0 Å². The first-order valence-electron chi connectivity index (χ1n) is 8.47. The molecule has 0 unspecified atom stereocenters. The summed E-state index contributed by atoms with van der Waals surface area (Å²) in [6.07, 6.45) is 2.78. The van der Waals surface area contributed by atoms with Crippen LogP contribution in [0.4, 0.5) is 16.2 Å². The Kier molecular flexibility index (Phi) is 6.79. The maximum Gasteiger partial charge on any atom is 0.412 e. The van der Waals surface area contributed by atoms with Crippen molar-refractivity contribution < 1.29 is 14.6 Å². The van der Waals surface area contributed by atoms with Crippen molar-refractivity contribution in [3.05, 3.63) is 21.1 Å². The van der Waals surface area contributed by atoms with Gasteiger partial charge in [-0.1, -0.05) is 15.9 Å². The molecule has 2 rings (SSSR count). The van der Waals surface area contributed by atoms with Crippen molar-refractivity contribution in [1.82, 2.24) is 0 Å². The first kappa shape index (κ1) is 20.5. The van der Waals surface area contributed by atoms with E-state index >= 15 is 0 Å². The number of aliphatic hydroxyl groups excluding tert-OH is 1. The molecule has 0 aliphatic heterocycles. The Balaban J connectivity index is 2.26. The van der Waals surface area contributed by atoms with Gasteiger partial charge in [-0.2, -0.15) is 0 Å². The highest BCUT2D eigenvalue weighted by molar-refractivity contribution is 9.11. The minimum Gasteiger partial charge on any atom is -0.444 e. The highest BCUT2D eigenvalue weighted by atomic mass is 79.9. The molecule has 1 aromatic rings. The van der Waals surface area contributed by atoms with Gasteiger partial charge in [0.25, 0.3) is 0 Å². The van der Waals surface area contributed by atoms with Crippen molar-refractivity contribution in [3.63, 3.8) is 0 Å². The summed E-state index contributed by atoms with van der Waals surface area (Å²) in [7, 11) is 2.02. The summed E-state index contributed by atoms with van der Waals surface area (Å²) in [6, 6.07) is 4.21. The molecule has 0 saturated heterocycles. The molecule has 140 valence electrons. The lowest BCUT2D eigenvalue weighted by Gasteiger charge is -2.36. The molecular formula is C18H26Br2N2O3. The number of hydrogen-bond donors (Lipinski definition) is 2. The number of amides is 1. The van der Waals surface area contributed by atoms with E-state index in [4.69, 9.17) is 4.74 Å². The van der Waals surface area contributed by atoms with Gasteiger partial charge in [0.05, 0.1) is 17.5 Å².